The molecule has 1 aliphatic heterocycles. The third-order valence-electron chi connectivity index (χ3n) is 4.49. The number of likely N-dealkylation sites (tertiary alicyclic amines) is 1. The molecule has 2 fully saturated rings. The number of hydrogen-bond donors (Lipinski definition) is 1. The molecule has 106 valence electrons. The number of fused-ring (bicyclic) bond motifs is 1. The molecular formula is C15H16ClNO3. The monoisotopic (exact) mass is 293 g/mol. The summed E-state index contributed by atoms with van der Waals surface area (Å²) in [5, 5.41) is 9.91. The summed E-state index contributed by atoms with van der Waals surface area (Å²) < 4.78 is 0. The molecule has 2 atom stereocenters. The fourth-order valence-corrected chi connectivity index (χ4v) is 3.29. The Kier molecular flexibility index (Phi) is 3.30. The van der Waals surface area contributed by atoms with E-state index in [1.807, 2.05) is 4.90 Å². The fraction of sp³-hybridized carbons (Fsp3) is 0.467. The van der Waals surface area contributed by atoms with E-state index in [-0.39, 0.29) is 12.3 Å². The van der Waals surface area contributed by atoms with Crippen molar-refractivity contribution in [1.82, 2.24) is 4.90 Å². The lowest BCUT2D eigenvalue weighted by Gasteiger charge is -2.29. The smallest absolute Gasteiger partial charge is 0.311 e. The maximum absolute atomic E-state index is 12.2. The highest BCUT2D eigenvalue weighted by Gasteiger charge is 2.62. The van der Waals surface area contributed by atoms with Crippen LogP contribution in [0.5, 0.6) is 0 Å². The largest absolute Gasteiger partial charge is 0.481 e. The average Bonchev–Trinajstić information content (AvgIpc) is 3.14. The van der Waals surface area contributed by atoms with Gasteiger partial charge in [-0.25, -0.2) is 0 Å². The minimum absolute atomic E-state index is 0.0151. The number of Topliss-reactive ketones (excluding diaryl/α,β-unsaturated/α-hetero) is 1. The zero-order valence-electron chi connectivity index (χ0n) is 11.0. The SMILES string of the molecule is O=C(CN1CCC2CC2(C(=O)O)C1)c1ccc(Cl)cc1. The van der Waals surface area contributed by atoms with Crippen molar-refractivity contribution in [3.8, 4) is 0 Å². The van der Waals surface area contributed by atoms with Crippen molar-refractivity contribution in [3.63, 3.8) is 0 Å². The van der Waals surface area contributed by atoms with Gasteiger partial charge in [0.15, 0.2) is 5.78 Å². The predicted octanol–water partition coefficient (Wildman–Crippen LogP) is 2.32. The van der Waals surface area contributed by atoms with E-state index in [4.69, 9.17) is 11.6 Å². The second-order valence-corrected chi connectivity index (χ2v) is 6.23. The Morgan fingerprint density at radius 2 is 2.05 bits per heavy atom. The van der Waals surface area contributed by atoms with Crippen molar-refractivity contribution < 1.29 is 14.7 Å². The summed E-state index contributed by atoms with van der Waals surface area (Å²) >= 11 is 5.80. The number of nitrogens with zero attached hydrogens (tertiary/aromatic N) is 1. The van der Waals surface area contributed by atoms with Crippen molar-refractivity contribution in [3.05, 3.63) is 34.9 Å². The molecule has 0 bridgehead atoms. The van der Waals surface area contributed by atoms with Crippen LogP contribution in [0.3, 0.4) is 0 Å². The standard InChI is InChI=1S/C15H16ClNO3/c16-12-3-1-10(2-4-12)13(18)8-17-6-5-11-7-15(11,9-17)14(19)20/h1-4,11H,5-9H2,(H,19,20). The van der Waals surface area contributed by atoms with Crippen LogP contribution in [-0.4, -0.2) is 41.4 Å². The summed E-state index contributed by atoms with van der Waals surface area (Å²) in [6, 6.07) is 6.81. The van der Waals surface area contributed by atoms with E-state index in [9.17, 15) is 14.7 Å². The van der Waals surface area contributed by atoms with Crippen LogP contribution in [0.1, 0.15) is 23.2 Å². The molecule has 5 heteroatoms. The first-order valence-electron chi connectivity index (χ1n) is 6.76. The van der Waals surface area contributed by atoms with Gasteiger partial charge in [-0.15, -0.1) is 0 Å². The van der Waals surface area contributed by atoms with Crippen LogP contribution in [0.2, 0.25) is 5.02 Å². The number of carboxylic acids is 1. The molecule has 3 rings (SSSR count). The molecule has 1 saturated carbocycles. The van der Waals surface area contributed by atoms with Crippen LogP contribution in [0.15, 0.2) is 24.3 Å². The molecule has 0 radical (unpaired) electrons. The third-order valence-corrected chi connectivity index (χ3v) is 4.74. The van der Waals surface area contributed by atoms with E-state index < -0.39 is 11.4 Å². The van der Waals surface area contributed by atoms with Gasteiger partial charge in [-0.3, -0.25) is 14.5 Å². The minimum atomic E-state index is -0.717. The molecule has 1 saturated heterocycles. The number of benzene rings is 1. The summed E-state index contributed by atoms with van der Waals surface area (Å²) in [6.07, 6.45) is 1.63. The van der Waals surface area contributed by atoms with Crippen LogP contribution < -0.4 is 0 Å². The molecule has 2 aliphatic rings. The molecule has 20 heavy (non-hydrogen) atoms. The van der Waals surface area contributed by atoms with Crippen molar-refractivity contribution in [2.75, 3.05) is 19.6 Å². The van der Waals surface area contributed by atoms with Gasteiger partial charge < -0.3 is 5.11 Å². The number of rotatable bonds is 4. The predicted molar refractivity (Wildman–Crippen MR) is 75.0 cm³/mol. The summed E-state index contributed by atoms with van der Waals surface area (Å²) in [7, 11) is 0. The number of aliphatic carboxylic acids is 1. The molecule has 1 heterocycles. The van der Waals surface area contributed by atoms with Gasteiger partial charge in [-0.1, -0.05) is 11.6 Å². The van der Waals surface area contributed by atoms with Gasteiger partial charge >= 0.3 is 5.97 Å². The number of halogens is 1. The topological polar surface area (TPSA) is 57.6 Å². The number of piperidine rings is 1. The maximum atomic E-state index is 12.2. The first-order chi connectivity index (χ1) is 9.51. The normalized spacial score (nSPS) is 28.8. The van der Waals surface area contributed by atoms with Gasteiger partial charge in [0, 0.05) is 17.1 Å². The summed E-state index contributed by atoms with van der Waals surface area (Å²) in [5.74, 6) is -0.394. The zero-order chi connectivity index (χ0) is 14.3. The van der Waals surface area contributed by atoms with Gasteiger partial charge in [0.05, 0.1) is 12.0 Å². The van der Waals surface area contributed by atoms with Gasteiger partial charge in [0.25, 0.3) is 0 Å². The van der Waals surface area contributed by atoms with Crippen LogP contribution in [-0.2, 0) is 4.79 Å². The van der Waals surface area contributed by atoms with Crippen molar-refractivity contribution in [2.24, 2.45) is 11.3 Å². The Labute approximate surface area is 122 Å². The molecule has 0 amide bonds. The molecule has 1 aliphatic carbocycles. The molecule has 0 aromatic heterocycles. The van der Waals surface area contributed by atoms with Gasteiger partial charge in [-0.05, 0) is 49.6 Å². The molecule has 1 N–H and O–H groups in total. The Bertz CT molecular complexity index is 557. The molecule has 1 aromatic rings. The summed E-state index contributed by atoms with van der Waals surface area (Å²) in [4.78, 5) is 25.5. The summed E-state index contributed by atoms with van der Waals surface area (Å²) in [6.45, 7) is 1.58. The van der Waals surface area contributed by atoms with Crippen LogP contribution in [0.4, 0.5) is 0 Å². The van der Waals surface area contributed by atoms with E-state index >= 15 is 0 Å². The van der Waals surface area contributed by atoms with Crippen LogP contribution in [0, 0.1) is 11.3 Å². The second-order valence-electron chi connectivity index (χ2n) is 5.79. The van der Waals surface area contributed by atoms with Crippen molar-refractivity contribution in [1.29, 1.82) is 0 Å². The average molecular weight is 294 g/mol. The maximum Gasteiger partial charge on any atom is 0.311 e. The number of carboxylic acid groups (broad SMARTS) is 1. The highest BCUT2D eigenvalue weighted by Crippen LogP contribution is 2.57. The Balaban J connectivity index is 1.65. The summed E-state index contributed by atoms with van der Waals surface area (Å²) in [5.41, 5.74) is 0.0371. The van der Waals surface area contributed by atoms with E-state index in [0.29, 0.717) is 23.0 Å². The number of hydrogen-bond acceptors (Lipinski definition) is 3. The molecule has 0 spiro atoms. The minimum Gasteiger partial charge on any atom is -0.481 e. The first-order valence-corrected chi connectivity index (χ1v) is 7.13. The lowest BCUT2D eigenvalue weighted by Crippen LogP contribution is -2.42. The zero-order valence-corrected chi connectivity index (χ0v) is 11.8. The molecule has 1 aromatic carbocycles. The number of carbonyl (C=O) groups excluding carboxylic acids is 1. The number of carbonyl (C=O) groups is 2. The Morgan fingerprint density at radius 3 is 2.70 bits per heavy atom. The van der Waals surface area contributed by atoms with Gasteiger partial charge in [-0.2, -0.15) is 0 Å². The lowest BCUT2D eigenvalue weighted by molar-refractivity contribution is -0.145. The van der Waals surface area contributed by atoms with Crippen LogP contribution in [0.25, 0.3) is 0 Å². The fourth-order valence-electron chi connectivity index (χ4n) is 3.16. The third kappa shape index (κ3) is 2.34. The van der Waals surface area contributed by atoms with E-state index in [0.717, 1.165) is 19.4 Å². The second kappa shape index (κ2) is 4.86. The molecular weight excluding hydrogens is 278 g/mol. The molecule has 2 unspecified atom stereocenters. The molecule has 4 nitrogen and oxygen atoms in total. The van der Waals surface area contributed by atoms with Crippen LogP contribution >= 0.6 is 11.6 Å². The van der Waals surface area contributed by atoms with Crippen molar-refractivity contribution in [2.45, 2.75) is 12.8 Å². The Hall–Kier alpha value is -1.39. The quantitative estimate of drug-likeness (QED) is 0.866. The number of ketones is 1. The lowest BCUT2D eigenvalue weighted by atomic mass is 9.97. The van der Waals surface area contributed by atoms with Crippen molar-refractivity contribution >= 4 is 23.4 Å². The van der Waals surface area contributed by atoms with E-state index in [1.54, 1.807) is 24.3 Å². The first kappa shape index (κ1) is 13.6. The Morgan fingerprint density at radius 1 is 1.35 bits per heavy atom. The van der Waals surface area contributed by atoms with E-state index in [2.05, 4.69) is 0 Å². The highest BCUT2D eigenvalue weighted by molar-refractivity contribution is 6.30. The van der Waals surface area contributed by atoms with Gasteiger partial charge in [0.1, 0.15) is 0 Å². The highest BCUT2D eigenvalue weighted by atomic mass is 35.5. The van der Waals surface area contributed by atoms with Gasteiger partial charge in [0.2, 0.25) is 0 Å². The van der Waals surface area contributed by atoms with E-state index in [1.165, 1.54) is 0 Å².